The summed E-state index contributed by atoms with van der Waals surface area (Å²) in [4.78, 5) is 27.6. The van der Waals surface area contributed by atoms with E-state index in [1.165, 1.54) is 24.3 Å². The maximum Gasteiger partial charge on any atom is 0.417 e. The summed E-state index contributed by atoms with van der Waals surface area (Å²) in [5.41, 5.74) is -2.33. The van der Waals surface area contributed by atoms with Crippen LogP contribution in [0, 0.1) is 11.3 Å². The van der Waals surface area contributed by atoms with Crippen molar-refractivity contribution in [1.82, 2.24) is 0 Å². The van der Waals surface area contributed by atoms with Crippen LogP contribution in [-0.4, -0.2) is 34.8 Å². The highest BCUT2D eigenvalue weighted by molar-refractivity contribution is 7.80. The number of benzene rings is 2. The van der Waals surface area contributed by atoms with Crippen LogP contribution in [0.1, 0.15) is 25.0 Å². The van der Waals surface area contributed by atoms with Gasteiger partial charge in [0.25, 0.3) is 5.91 Å². The minimum Gasteiger partial charge on any atom is -0.426 e. The van der Waals surface area contributed by atoms with Crippen LogP contribution < -0.4 is 14.5 Å². The lowest BCUT2D eigenvalue weighted by molar-refractivity contribution is -0.138. The minimum atomic E-state index is -4.77. The summed E-state index contributed by atoms with van der Waals surface area (Å²) < 4.78 is 45.3. The van der Waals surface area contributed by atoms with E-state index < -0.39 is 34.7 Å². The SMILES string of the molecule is CC1(C)C(=O)N(c2ccc(C#N)c(C(F)(F)F)c2)C(=S)CN1c1ccc(OC(=O)CCl)cc1. The van der Waals surface area contributed by atoms with Gasteiger partial charge in [0.15, 0.2) is 0 Å². The smallest absolute Gasteiger partial charge is 0.417 e. The zero-order chi connectivity index (χ0) is 24.6. The third-order valence-electron chi connectivity index (χ3n) is 5.12. The van der Waals surface area contributed by atoms with Gasteiger partial charge in [-0.1, -0.05) is 12.2 Å². The Balaban J connectivity index is 1.94. The van der Waals surface area contributed by atoms with Crippen molar-refractivity contribution in [3.63, 3.8) is 0 Å². The number of carbonyl (C=O) groups is 2. The Bertz CT molecular complexity index is 1160. The highest BCUT2D eigenvalue weighted by atomic mass is 35.5. The number of alkyl halides is 4. The van der Waals surface area contributed by atoms with Gasteiger partial charge in [0.2, 0.25) is 0 Å². The number of nitrogens with zero attached hydrogens (tertiary/aromatic N) is 3. The number of hydrogen-bond donors (Lipinski definition) is 0. The molecule has 0 aliphatic carbocycles. The topological polar surface area (TPSA) is 73.6 Å². The van der Waals surface area contributed by atoms with Gasteiger partial charge in [-0.05, 0) is 56.3 Å². The molecule has 0 bridgehead atoms. The number of esters is 1. The van der Waals surface area contributed by atoms with Crippen molar-refractivity contribution in [2.45, 2.75) is 25.6 Å². The van der Waals surface area contributed by atoms with E-state index in [1.54, 1.807) is 30.9 Å². The van der Waals surface area contributed by atoms with Crippen molar-refractivity contribution >= 4 is 52.1 Å². The van der Waals surface area contributed by atoms with E-state index in [2.05, 4.69) is 0 Å². The predicted molar refractivity (Wildman–Crippen MR) is 120 cm³/mol. The summed E-state index contributed by atoms with van der Waals surface area (Å²) in [6.45, 7) is 3.32. The summed E-state index contributed by atoms with van der Waals surface area (Å²) in [5.74, 6) is -1.18. The van der Waals surface area contributed by atoms with Gasteiger partial charge in [-0.2, -0.15) is 18.4 Å². The molecule has 11 heteroatoms. The third-order valence-corrected chi connectivity index (χ3v) is 5.65. The number of thiocarbonyl (C=S) groups is 1. The molecule has 0 unspecified atom stereocenters. The molecule has 1 fully saturated rings. The standard InChI is InChI=1S/C22H17ClF3N3O3S/c1-21(2)20(31)29(15-4-3-13(11-27)17(9-15)22(24,25)26)18(33)12-28(21)14-5-7-16(8-6-14)32-19(30)10-23/h3-9H,10,12H2,1-2H3. The molecule has 6 nitrogen and oxygen atoms in total. The van der Waals surface area contributed by atoms with Gasteiger partial charge < -0.3 is 9.64 Å². The van der Waals surface area contributed by atoms with Crippen molar-refractivity contribution in [3.05, 3.63) is 53.6 Å². The normalized spacial score (nSPS) is 15.9. The first kappa shape index (κ1) is 24.5. The zero-order valence-electron chi connectivity index (χ0n) is 17.4. The molecule has 0 radical (unpaired) electrons. The molecular weight excluding hydrogens is 479 g/mol. The molecule has 172 valence electrons. The number of piperazine rings is 1. The Morgan fingerprint density at radius 2 is 1.82 bits per heavy atom. The van der Waals surface area contributed by atoms with Crippen LogP contribution in [0.2, 0.25) is 0 Å². The zero-order valence-corrected chi connectivity index (χ0v) is 19.0. The fourth-order valence-corrected chi connectivity index (χ4v) is 3.81. The average Bonchev–Trinajstić information content (AvgIpc) is 2.76. The van der Waals surface area contributed by atoms with Crippen LogP contribution in [0.3, 0.4) is 0 Å². The quantitative estimate of drug-likeness (QED) is 0.265. The molecule has 0 spiro atoms. The molecular formula is C22H17ClF3N3O3S. The van der Waals surface area contributed by atoms with Crippen molar-refractivity contribution in [1.29, 1.82) is 5.26 Å². The Hall–Kier alpha value is -3.16. The number of anilines is 2. The molecule has 1 heterocycles. The fourth-order valence-electron chi connectivity index (χ4n) is 3.44. The van der Waals surface area contributed by atoms with Crippen molar-refractivity contribution < 1.29 is 27.5 Å². The van der Waals surface area contributed by atoms with Crippen LogP contribution in [0.5, 0.6) is 5.75 Å². The van der Waals surface area contributed by atoms with E-state index in [1.807, 2.05) is 0 Å². The molecule has 0 N–H and O–H groups in total. The molecule has 0 aromatic heterocycles. The van der Waals surface area contributed by atoms with Crippen LogP contribution in [0.25, 0.3) is 0 Å². The number of halogens is 4. The predicted octanol–water partition coefficient (Wildman–Crippen LogP) is 4.68. The maximum absolute atomic E-state index is 13.4. The van der Waals surface area contributed by atoms with E-state index in [0.717, 1.165) is 17.0 Å². The van der Waals surface area contributed by atoms with Crippen molar-refractivity contribution in [2.75, 3.05) is 22.2 Å². The molecule has 0 saturated carbocycles. The number of hydrogen-bond acceptors (Lipinski definition) is 6. The van der Waals surface area contributed by atoms with E-state index in [-0.39, 0.29) is 28.9 Å². The monoisotopic (exact) mass is 495 g/mol. The maximum atomic E-state index is 13.4. The van der Waals surface area contributed by atoms with Crippen LogP contribution in [-0.2, 0) is 15.8 Å². The second-order valence-electron chi connectivity index (χ2n) is 7.62. The van der Waals surface area contributed by atoms with Crippen molar-refractivity contribution in [2.24, 2.45) is 0 Å². The van der Waals surface area contributed by atoms with Crippen molar-refractivity contribution in [3.8, 4) is 11.8 Å². The van der Waals surface area contributed by atoms with Gasteiger partial charge in [0.1, 0.15) is 22.2 Å². The van der Waals surface area contributed by atoms with Gasteiger partial charge in [0.05, 0.1) is 29.4 Å². The molecule has 1 aliphatic heterocycles. The highest BCUT2D eigenvalue weighted by Gasteiger charge is 2.45. The minimum absolute atomic E-state index is 0.0626. The second-order valence-corrected chi connectivity index (χ2v) is 8.36. The van der Waals surface area contributed by atoms with E-state index in [4.69, 9.17) is 33.8 Å². The Morgan fingerprint density at radius 1 is 1.21 bits per heavy atom. The largest absolute Gasteiger partial charge is 0.426 e. The second kappa shape index (κ2) is 9.00. The summed E-state index contributed by atoms with van der Waals surface area (Å²) in [5, 5.41) is 9.02. The van der Waals surface area contributed by atoms with E-state index in [0.29, 0.717) is 5.69 Å². The third kappa shape index (κ3) is 4.79. The van der Waals surface area contributed by atoms with E-state index >= 15 is 0 Å². The molecule has 2 aromatic rings. The lowest BCUT2D eigenvalue weighted by Crippen LogP contribution is -2.65. The lowest BCUT2D eigenvalue weighted by atomic mass is 9.95. The molecule has 1 aliphatic rings. The van der Waals surface area contributed by atoms with Gasteiger partial charge >= 0.3 is 12.1 Å². The van der Waals surface area contributed by atoms with Gasteiger partial charge in [-0.25, -0.2) is 0 Å². The average molecular weight is 496 g/mol. The molecule has 1 saturated heterocycles. The molecule has 3 rings (SSSR count). The number of carbonyl (C=O) groups excluding carboxylic acids is 2. The number of amides is 1. The Morgan fingerprint density at radius 3 is 2.36 bits per heavy atom. The first-order valence-corrected chi connectivity index (χ1v) is 10.5. The first-order chi connectivity index (χ1) is 15.4. The molecule has 33 heavy (non-hydrogen) atoms. The Kier molecular flexibility index (Phi) is 6.68. The van der Waals surface area contributed by atoms with Crippen LogP contribution in [0.4, 0.5) is 24.5 Å². The van der Waals surface area contributed by atoms with Crippen LogP contribution >= 0.6 is 23.8 Å². The van der Waals surface area contributed by atoms with Gasteiger partial charge in [-0.3, -0.25) is 14.5 Å². The van der Waals surface area contributed by atoms with E-state index in [9.17, 15) is 22.8 Å². The number of nitriles is 1. The molecule has 0 atom stereocenters. The molecule has 1 amide bonds. The number of rotatable bonds is 4. The first-order valence-electron chi connectivity index (χ1n) is 9.53. The lowest BCUT2D eigenvalue weighted by Gasteiger charge is -2.47. The van der Waals surface area contributed by atoms with Gasteiger partial charge in [0, 0.05) is 5.69 Å². The highest BCUT2D eigenvalue weighted by Crippen LogP contribution is 2.37. The van der Waals surface area contributed by atoms with Gasteiger partial charge in [-0.15, -0.1) is 11.6 Å². The summed E-state index contributed by atoms with van der Waals surface area (Å²) in [6, 6.07) is 10.9. The fraction of sp³-hybridized carbons (Fsp3) is 0.273. The summed E-state index contributed by atoms with van der Waals surface area (Å²) in [6.07, 6.45) is -4.77. The summed E-state index contributed by atoms with van der Waals surface area (Å²) in [7, 11) is 0. The summed E-state index contributed by atoms with van der Waals surface area (Å²) >= 11 is 10.8. The molecule has 2 aromatic carbocycles. The Labute approximate surface area is 198 Å². The number of ether oxygens (including phenoxy) is 1. The van der Waals surface area contributed by atoms with Crippen LogP contribution in [0.15, 0.2) is 42.5 Å².